The van der Waals surface area contributed by atoms with Crippen LogP contribution in [0.3, 0.4) is 0 Å². The van der Waals surface area contributed by atoms with Crippen molar-refractivity contribution >= 4 is 12.1 Å². The highest BCUT2D eigenvalue weighted by molar-refractivity contribution is 5.83. The fourth-order valence-corrected chi connectivity index (χ4v) is 2.16. The van der Waals surface area contributed by atoms with Crippen molar-refractivity contribution in [3.8, 4) is 23.3 Å². The third-order valence-corrected chi connectivity index (χ3v) is 3.73. The lowest BCUT2D eigenvalue weighted by Crippen LogP contribution is -2.24. The zero-order valence-corrected chi connectivity index (χ0v) is 15.5. The fourth-order valence-electron chi connectivity index (χ4n) is 2.16. The molecule has 0 bridgehead atoms. The molecule has 0 heterocycles. The number of hydrogen-bond donors (Lipinski definition) is 1. The molecule has 27 heavy (non-hydrogen) atoms. The van der Waals surface area contributed by atoms with E-state index in [-0.39, 0.29) is 19.1 Å². The Balaban J connectivity index is 1.87. The van der Waals surface area contributed by atoms with Crippen LogP contribution in [0.2, 0.25) is 0 Å². The van der Waals surface area contributed by atoms with E-state index in [9.17, 15) is 4.79 Å². The van der Waals surface area contributed by atoms with E-state index in [4.69, 9.17) is 19.5 Å². The third-order valence-electron chi connectivity index (χ3n) is 3.73. The standard InChI is InChI=1S/C20H21N3O4/c1-14-4-6-17(10-15(14)2)27-13-20(24)23-22-12-16-5-7-18(26-9-8-21)19(11-16)25-3/h4-7,10-12H,9,13H2,1-3H3,(H,23,24)/b22-12-. The van der Waals surface area contributed by atoms with Gasteiger partial charge in [0.15, 0.2) is 24.7 Å². The number of carbonyl (C=O) groups excluding carboxylic acids is 1. The van der Waals surface area contributed by atoms with Crippen molar-refractivity contribution in [1.29, 1.82) is 5.26 Å². The van der Waals surface area contributed by atoms with Crippen LogP contribution < -0.4 is 19.6 Å². The molecule has 0 aliphatic rings. The van der Waals surface area contributed by atoms with Gasteiger partial charge in [-0.3, -0.25) is 4.79 Å². The van der Waals surface area contributed by atoms with E-state index in [0.717, 1.165) is 11.1 Å². The van der Waals surface area contributed by atoms with Crippen molar-refractivity contribution in [2.24, 2.45) is 5.10 Å². The number of hydrogen-bond acceptors (Lipinski definition) is 6. The molecule has 0 saturated heterocycles. The molecule has 0 radical (unpaired) electrons. The van der Waals surface area contributed by atoms with Crippen molar-refractivity contribution in [3.05, 3.63) is 53.1 Å². The van der Waals surface area contributed by atoms with Crippen LogP contribution in [0.1, 0.15) is 16.7 Å². The Morgan fingerprint density at radius 2 is 1.96 bits per heavy atom. The number of carbonyl (C=O) groups is 1. The van der Waals surface area contributed by atoms with Crippen LogP contribution in [0.4, 0.5) is 0 Å². The van der Waals surface area contributed by atoms with Gasteiger partial charge in [-0.25, -0.2) is 5.43 Å². The van der Waals surface area contributed by atoms with Gasteiger partial charge in [-0.15, -0.1) is 0 Å². The number of aryl methyl sites for hydroxylation is 2. The van der Waals surface area contributed by atoms with Gasteiger partial charge in [0.1, 0.15) is 11.8 Å². The van der Waals surface area contributed by atoms with Crippen molar-refractivity contribution in [2.45, 2.75) is 13.8 Å². The summed E-state index contributed by atoms with van der Waals surface area (Å²) in [7, 11) is 1.50. The molecule has 140 valence electrons. The smallest absolute Gasteiger partial charge is 0.277 e. The van der Waals surface area contributed by atoms with Crippen LogP contribution >= 0.6 is 0 Å². The summed E-state index contributed by atoms with van der Waals surface area (Å²) in [5.41, 5.74) is 5.37. The summed E-state index contributed by atoms with van der Waals surface area (Å²) in [4.78, 5) is 11.8. The first-order chi connectivity index (χ1) is 13.0. The number of benzene rings is 2. The third kappa shape index (κ3) is 6.04. The van der Waals surface area contributed by atoms with Gasteiger partial charge in [0.25, 0.3) is 5.91 Å². The van der Waals surface area contributed by atoms with Gasteiger partial charge in [0.2, 0.25) is 0 Å². The summed E-state index contributed by atoms with van der Waals surface area (Å²) in [6.07, 6.45) is 1.48. The Kier molecular flexibility index (Phi) is 7.20. The van der Waals surface area contributed by atoms with E-state index in [1.54, 1.807) is 18.2 Å². The van der Waals surface area contributed by atoms with Crippen molar-refractivity contribution < 1.29 is 19.0 Å². The second-order valence-electron chi connectivity index (χ2n) is 5.69. The SMILES string of the molecule is COc1cc(/C=N\NC(=O)COc2ccc(C)c(C)c2)ccc1OCC#N. The van der Waals surface area contributed by atoms with Gasteiger partial charge >= 0.3 is 0 Å². The van der Waals surface area contributed by atoms with Gasteiger partial charge in [0, 0.05) is 0 Å². The highest BCUT2D eigenvalue weighted by atomic mass is 16.5. The number of ether oxygens (including phenoxy) is 3. The Bertz CT molecular complexity index is 872. The molecule has 2 aromatic rings. The predicted molar refractivity (Wildman–Crippen MR) is 101 cm³/mol. The minimum absolute atomic E-state index is 0.0691. The van der Waals surface area contributed by atoms with E-state index in [0.29, 0.717) is 22.8 Å². The Morgan fingerprint density at radius 1 is 1.15 bits per heavy atom. The predicted octanol–water partition coefficient (Wildman–Crippen LogP) is 2.74. The summed E-state index contributed by atoms with van der Waals surface area (Å²) in [5, 5.41) is 12.5. The molecule has 0 aliphatic carbocycles. The quantitative estimate of drug-likeness (QED) is 0.572. The van der Waals surface area contributed by atoms with Crippen LogP contribution in [-0.2, 0) is 4.79 Å². The summed E-state index contributed by atoms with van der Waals surface area (Å²) in [6.45, 7) is 3.79. The Labute approximate surface area is 158 Å². The highest BCUT2D eigenvalue weighted by Crippen LogP contribution is 2.27. The summed E-state index contributed by atoms with van der Waals surface area (Å²) in [6, 6.07) is 12.6. The fraction of sp³-hybridized carbons (Fsp3) is 0.250. The maximum Gasteiger partial charge on any atom is 0.277 e. The van der Waals surface area contributed by atoms with Crippen molar-refractivity contribution in [1.82, 2.24) is 5.43 Å². The first-order valence-corrected chi connectivity index (χ1v) is 8.23. The summed E-state index contributed by atoms with van der Waals surface area (Å²) in [5.74, 6) is 1.20. The van der Waals surface area contributed by atoms with Crippen LogP contribution in [-0.4, -0.2) is 32.4 Å². The topological polar surface area (TPSA) is 92.9 Å². The number of hydrazone groups is 1. The Morgan fingerprint density at radius 3 is 2.67 bits per heavy atom. The summed E-state index contributed by atoms with van der Waals surface area (Å²) >= 11 is 0. The van der Waals surface area contributed by atoms with Gasteiger partial charge in [0.05, 0.1) is 13.3 Å². The number of nitrogens with one attached hydrogen (secondary N) is 1. The molecule has 7 nitrogen and oxygen atoms in total. The van der Waals surface area contributed by atoms with E-state index < -0.39 is 0 Å². The molecule has 0 spiro atoms. The molecule has 0 aromatic heterocycles. The maximum atomic E-state index is 11.8. The molecule has 2 aromatic carbocycles. The molecule has 0 fully saturated rings. The Hall–Kier alpha value is -3.53. The summed E-state index contributed by atoms with van der Waals surface area (Å²) < 4.78 is 15.9. The van der Waals surface area contributed by atoms with Crippen LogP contribution in [0.5, 0.6) is 17.2 Å². The van der Waals surface area contributed by atoms with Gasteiger partial charge in [-0.05, 0) is 60.9 Å². The first kappa shape index (κ1) is 19.8. The minimum atomic E-state index is -0.370. The number of nitriles is 1. The molecular weight excluding hydrogens is 346 g/mol. The molecule has 1 N–H and O–H groups in total. The molecule has 0 aliphatic heterocycles. The van der Waals surface area contributed by atoms with Crippen LogP contribution in [0, 0.1) is 25.2 Å². The lowest BCUT2D eigenvalue weighted by Gasteiger charge is -2.09. The van der Waals surface area contributed by atoms with E-state index >= 15 is 0 Å². The van der Waals surface area contributed by atoms with Crippen LogP contribution in [0.25, 0.3) is 0 Å². The van der Waals surface area contributed by atoms with Gasteiger partial charge < -0.3 is 14.2 Å². The molecular formula is C20H21N3O4. The highest BCUT2D eigenvalue weighted by Gasteiger charge is 2.05. The lowest BCUT2D eigenvalue weighted by atomic mass is 10.1. The molecule has 0 atom stereocenters. The minimum Gasteiger partial charge on any atom is -0.493 e. The molecule has 7 heteroatoms. The second kappa shape index (κ2) is 9.82. The number of rotatable bonds is 8. The molecule has 2 rings (SSSR count). The van der Waals surface area contributed by atoms with Crippen molar-refractivity contribution in [2.75, 3.05) is 20.3 Å². The lowest BCUT2D eigenvalue weighted by molar-refractivity contribution is -0.123. The van der Waals surface area contributed by atoms with Gasteiger partial charge in [-0.1, -0.05) is 6.07 Å². The second-order valence-corrected chi connectivity index (χ2v) is 5.69. The average molecular weight is 367 g/mol. The largest absolute Gasteiger partial charge is 0.493 e. The normalized spacial score (nSPS) is 10.3. The monoisotopic (exact) mass is 367 g/mol. The van der Waals surface area contributed by atoms with E-state index in [1.807, 2.05) is 38.1 Å². The molecule has 0 saturated carbocycles. The van der Waals surface area contributed by atoms with E-state index in [2.05, 4.69) is 10.5 Å². The first-order valence-electron chi connectivity index (χ1n) is 8.23. The van der Waals surface area contributed by atoms with E-state index in [1.165, 1.54) is 13.3 Å². The number of amides is 1. The van der Waals surface area contributed by atoms with Crippen molar-refractivity contribution in [3.63, 3.8) is 0 Å². The number of methoxy groups -OCH3 is 1. The number of nitrogens with zero attached hydrogens (tertiary/aromatic N) is 2. The maximum absolute atomic E-state index is 11.8. The van der Waals surface area contributed by atoms with Crippen LogP contribution in [0.15, 0.2) is 41.5 Å². The van der Waals surface area contributed by atoms with Gasteiger partial charge in [-0.2, -0.15) is 10.4 Å². The average Bonchev–Trinajstić information content (AvgIpc) is 2.67. The zero-order chi connectivity index (χ0) is 19.6. The molecule has 0 unspecified atom stereocenters. The zero-order valence-electron chi connectivity index (χ0n) is 15.5. The molecule has 1 amide bonds.